The lowest BCUT2D eigenvalue weighted by Gasteiger charge is -2.10. The zero-order chi connectivity index (χ0) is 17.7. The molecular weight excluding hydrogens is 321 g/mol. The van der Waals surface area contributed by atoms with Crippen LogP contribution >= 0.6 is 0 Å². The molecule has 1 nitrogen and oxygen atoms in total. The van der Waals surface area contributed by atoms with Gasteiger partial charge in [0.25, 0.3) is 0 Å². The van der Waals surface area contributed by atoms with Crippen molar-refractivity contribution in [1.29, 1.82) is 0 Å². The fraction of sp³-hybridized carbons (Fsp3) is 0.0417. The van der Waals surface area contributed by atoms with Gasteiger partial charge in [0.2, 0.25) is 0 Å². The van der Waals surface area contributed by atoms with E-state index in [4.69, 9.17) is 0 Å². The van der Waals surface area contributed by atoms with E-state index in [2.05, 4.69) is 35.3 Å². The number of aryl methyl sites for hydroxylation is 1. The van der Waals surface area contributed by atoms with E-state index in [0.717, 1.165) is 32.8 Å². The van der Waals surface area contributed by atoms with Gasteiger partial charge in [-0.15, -0.1) is 0 Å². The summed E-state index contributed by atoms with van der Waals surface area (Å²) in [6.07, 6.45) is 1.84. The van der Waals surface area contributed by atoms with Crippen LogP contribution in [0.4, 0.5) is 4.39 Å². The molecule has 1 aromatic heterocycles. The Bertz CT molecular complexity index is 1300. The smallest absolute Gasteiger partial charge is 0.126 e. The van der Waals surface area contributed by atoms with Gasteiger partial charge in [0.15, 0.2) is 0 Å². The maximum absolute atomic E-state index is 13.9. The summed E-state index contributed by atoms with van der Waals surface area (Å²) in [4.78, 5) is 4.66. The number of aromatic nitrogens is 1. The van der Waals surface area contributed by atoms with Crippen LogP contribution in [0.15, 0.2) is 79.0 Å². The minimum Gasteiger partial charge on any atom is -0.256 e. The maximum Gasteiger partial charge on any atom is 0.126 e. The average Bonchev–Trinajstić information content (AvgIpc) is 2.68. The van der Waals surface area contributed by atoms with Gasteiger partial charge in [-0.25, -0.2) is 4.39 Å². The molecule has 0 amide bonds. The van der Waals surface area contributed by atoms with Gasteiger partial charge in [0.1, 0.15) is 5.82 Å². The zero-order valence-electron chi connectivity index (χ0n) is 14.3. The predicted octanol–water partition coefficient (Wildman–Crippen LogP) is 6.66. The largest absolute Gasteiger partial charge is 0.256 e. The molecule has 0 fully saturated rings. The van der Waals surface area contributed by atoms with E-state index in [-0.39, 0.29) is 5.82 Å². The molecule has 0 radical (unpaired) electrons. The number of benzene rings is 4. The van der Waals surface area contributed by atoms with Crippen molar-refractivity contribution < 1.29 is 4.39 Å². The molecule has 1 heterocycles. The van der Waals surface area contributed by atoms with Crippen molar-refractivity contribution in [3.8, 4) is 11.3 Å². The van der Waals surface area contributed by atoms with Gasteiger partial charge < -0.3 is 0 Å². The minimum atomic E-state index is -0.166. The highest BCUT2D eigenvalue weighted by Gasteiger charge is 2.10. The van der Waals surface area contributed by atoms with Crippen LogP contribution in [0.1, 0.15) is 5.56 Å². The highest BCUT2D eigenvalue weighted by Crippen LogP contribution is 2.33. The Balaban J connectivity index is 1.82. The normalized spacial score (nSPS) is 11.5. The molecule has 5 rings (SSSR count). The topological polar surface area (TPSA) is 12.9 Å². The number of hydrogen-bond donors (Lipinski definition) is 0. The van der Waals surface area contributed by atoms with Gasteiger partial charge >= 0.3 is 0 Å². The molecule has 0 bridgehead atoms. The molecule has 0 saturated carbocycles. The molecule has 0 N–H and O–H groups in total. The van der Waals surface area contributed by atoms with Gasteiger partial charge in [0.05, 0.1) is 5.69 Å². The number of pyridine rings is 1. The Labute approximate surface area is 150 Å². The van der Waals surface area contributed by atoms with E-state index in [9.17, 15) is 4.39 Å². The Morgan fingerprint density at radius 3 is 2.38 bits per heavy atom. The van der Waals surface area contributed by atoms with E-state index in [1.165, 1.54) is 10.8 Å². The summed E-state index contributed by atoms with van der Waals surface area (Å²) >= 11 is 0. The minimum absolute atomic E-state index is 0.166. The molecule has 5 aromatic rings. The van der Waals surface area contributed by atoms with Gasteiger partial charge in [-0.2, -0.15) is 0 Å². The molecular formula is C24H16FN. The first-order chi connectivity index (χ1) is 12.7. The zero-order valence-corrected chi connectivity index (χ0v) is 14.3. The summed E-state index contributed by atoms with van der Waals surface area (Å²) in [5.74, 6) is -0.166. The van der Waals surface area contributed by atoms with E-state index in [1.807, 2.05) is 42.6 Å². The Morgan fingerprint density at radius 2 is 1.50 bits per heavy atom. The van der Waals surface area contributed by atoms with E-state index in [0.29, 0.717) is 5.56 Å². The predicted molar refractivity (Wildman–Crippen MR) is 107 cm³/mol. The van der Waals surface area contributed by atoms with Crippen LogP contribution in [-0.2, 0) is 0 Å². The Hall–Kier alpha value is -3.26. The third-order valence-corrected chi connectivity index (χ3v) is 5.06. The summed E-state index contributed by atoms with van der Waals surface area (Å²) in [5.41, 5.74) is 2.71. The molecule has 0 aliphatic heterocycles. The van der Waals surface area contributed by atoms with Crippen molar-refractivity contribution >= 4 is 32.3 Å². The molecule has 0 atom stereocenters. The molecule has 0 spiro atoms. The summed E-state index contributed by atoms with van der Waals surface area (Å²) in [5, 5.41) is 6.57. The molecule has 26 heavy (non-hydrogen) atoms. The van der Waals surface area contributed by atoms with Gasteiger partial charge in [-0.1, -0.05) is 48.5 Å². The first kappa shape index (κ1) is 15.0. The SMILES string of the molecule is Cc1cc2c(ccc3c(-c4ccc5ccccc5c4)nccc32)cc1F. The van der Waals surface area contributed by atoms with Crippen LogP contribution in [-0.4, -0.2) is 4.98 Å². The van der Waals surface area contributed by atoms with Crippen LogP contribution in [0.2, 0.25) is 0 Å². The van der Waals surface area contributed by atoms with Crippen LogP contribution in [0.25, 0.3) is 43.6 Å². The van der Waals surface area contributed by atoms with Crippen molar-refractivity contribution in [1.82, 2.24) is 4.98 Å². The van der Waals surface area contributed by atoms with Crippen molar-refractivity contribution in [2.24, 2.45) is 0 Å². The van der Waals surface area contributed by atoms with Crippen molar-refractivity contribution in [3.63, 3.8) is 0 Å². The van der Waals surface area contributed by atoms with Crippen molar-refractivity contribution in [2.75, 3.05) is 0 Å². The Kier molecular flexibility index (Phi) is 3.26. The lowest BCUT2D eigenvalue weighted by Crippen LogP contribution is -1.89. The summed E-state index contributed by atoms with van der Waals surface area (Å²) < 4.78 is 13.9. The summed E-state index contributed by atoms with van der Waals surface area (Å²) in [6.45, 7) is 1.80. The van der Waals surface area contributed by atoms with Crippen molar-refractivity contribution in [2.45, 2.75) is 6.92 Å². The number of fused-ring (bicyclic) bond motifs is 4. The molecule has 124 valence electrons. The molecule has 0 aliphatic carbocycles. The summed E-state index contributed by atoms with van der Waals surface area (Å²) in [7, 11) is 0. The number of rotatable bonds is 1. The second kappa shape index (κ2) is 5.63. The third-order valence-electron chi connectivity index (χ3n) is 5.06. The van der Waals surface area contributed by atoms with Crippen LogP contribution in [0.3, 0.4) is 0 Å². The number of hydrogen-bond acceptors (Lipinski definition) is 1. The lowest BCUT2D eigenvalue weighted by atomic mass is 9.96. The first-order valence-corrected chi connectivity index (χ1v) is 8.67. The van der Waals surface area contributed by atoms with Gasteiger partial charge in [-0.05, 0) is 63.7 Å². The average molecular weight is 337 g/mol. The lowest BCUT2D eigenvalue weighted by molar-refractivity contribution is 0.620. The molecule has 0 unspecified atom stereocenters. The second-order valence-electron chi connectivity index (χ2n) is 6.70. The molecule has 0 aliphatic rings. The van der Waals surface area contributed by atoms with Crippen LogP contribution < -0.4 is 0 Å². The monoisotopic (exact) mass is 337 g/mol. The van der Waals surface area contributed by atoms with E-state index in [1.54, 1.807) is 13.0 Å². The quantitative estimate of drug-likeness (QED) is 0.312. The van der Waals surface area contributed by atoms with Crippen LogP contribution in [0, 0.1) is 12.7 Å². The summed E-state index contributed by atoms with van der Waals surface area (Å²) in [6, 6.07) is 24.3. The fourth-order valence-corrected chi connectivity index (χ4v) is 3.68. The third kappa shape index (κ3) is 2.26. The van der Waals surface area contributed by atoms with Gasteiger partial charge in [-0.3, -0.25) is 4.98 Å². The molecule has 4 aromatic carbocycles. The number of halogens is 1. The highest BCUT2D eigenvalue weighted by atomic mass is 19.1. The van der Waals surface area contributed by atoms with Crippen molar-refractivity contribution in [3.05, 3.63) is 90.4 Å². The first-order valence-electron chi connectivity index (χ1n) is 8.67. The van der Waals surface area contributed by atoms with Crippen LogP contribution in [0.5, 0.6) is 0 Å². The standard InChI is InChI=1S/C24H16FN/c1-15-12-22-18(14-23(15)25)8-9-21-20(22)10-11-26-24(21)19-7-6-16-4-2-3-5-17(16)13-19/h2-14H,1H3. The highest BCUT2D eigenvalue weighted by molar-refractivity contribution is 6.11. The van der Waals surface area contributed by atoms with E-state index < -0.39 is 0 Å². The molecule has 0 saturated heterocycles. The second-order valence-corrected chi connectivity index (χ2v) is 6.70. The Morgan fingerprint density at radius 1 is 0.692 bits per heavy atom. The maximum atomic E-state index is 13.9. The van der Waals surface area contributed by atoms with Gasteiger partial charge in [0, 0.05) is 17.1 Å². The number of nitrogens with zero attached hydrogens (tertiary/aromatic N) is 1. The van der Waals surface area contributed by atoms with E-state index >= 15 is 0 Å². The fourth-order valence-electron chi connectivity index (χ4n) is 3.68. The molecule has 2 heteroatoms.